The second-order valence-electron chi connectivity index (χ2n) is 6.36. The van der Waals surface area contributed by atoms with E-state index in [1.54, 1.807) is 11.3 Å². The van der Waals surface area contributed by atoms with Crippen LogP contribution in [0.25, 0.3) is 16.2 Å². The average Bonchev–Trinajstić information content (AvgIpc) is 3.25. The van der Waals surface area contributed by atoms with Crippen molar-refractivity contribution in [3.05, 3.63) is 77.9 Å². The molecule has 1 atom stereocenters. The van der Waals surface area contributed by atoms with Gasteiger partial charge in [-0.3, -0.25) is 9.20 Å². The molecule has 0 bridgehead atoms. The number of carbonyl (C=O) groups excluding carboxylic acids is 1. The Morgan fingerprint density at radius 2 is 1.92 bits per heavy atom. The van der Waals surface area contributed by atoms with Crippen molar-refractivity contribution < 1.29 is 4.79 Å². The summed E-state index contributed by atoms with van der Waals surface area (Å²) in [5.41, 5.74) is 3.96. The zero-order valence-electron chi connectivity index (χ0n) is 14.4. The van der Waals surface area contributed by atoms with Crippen molar-refractivity contribution in [1.29, 1.82) is 0 Å². The van der Waals surface area contributed by atoms with Gasteiger partial charge in [0.15, 0.2) is 4.96 Å². The van der Waals surface area contributed by atoms with E-state index in [9.17, 15) is 4.79 Å². The summed E-state index contributed by atoms with van der Waals surface area (Å²) < 4.78 is 2.01. The highest BCUT2D eigenvalue weighted by Gasteiger charge is 2.11. The standard InChI is InChI=1S/C21H19N3OS/c1-15(16-5-3-2-4-6-16)13-20(25)22-18-9-7-17(8-10-18)19-14-24-11-12-26-21(24)23-19/h2-12,14-15H,13H2,1H3,(H,22,25). The number of nitrogens with one attached hydrogen (secondary N) is 1. The highest BCUT2D eigenvalue weighted by Crippen LogP contribution is 2.24. The maximum absolute atomic E-state index is 12.3. The minimum absolute atomic E-state index is 0.0246. The van der Waals surface area contributed by atoms with Crippen molar-refractivity contribution in [2.75, 3.05) is 5.32 Å². The second kappa shape index (κ2) is 7.14. The normalized spacial score (nSPS) is 12.2. The van der Waals surface area contributed by atoms with Gasteiger partial charge < -0.3 is 5.32 Å². The fourth-order valence-corrected chi connectivity index (χ4v) is 3.68. The van der Waals surface area contributed by atoms with E-state index in [4.69, 9.17) is 0 Å². The molecule has 2 aromatic heterocycles. The molecule has 2 aromatic carbocycles. The minimum atomic E-state index is 0.0246. The molecule has 1 unspecified atom stereocenters. The van der Waals surface area contributed by atoms with Crippen molar-refractivity contribution in [2.24, 2.45) is 0 Å². The molecule has 0 saturated carbocycles. The van der Waals surface area contributed by atoms with Gasteiger partial charge in [0, 0.05) is 35.4 Å². The summed E-state index contributed by atoms with van der Waals surface area (Å²) >= 11 is 1.61. The van der Waals surface area contributed by atoms with Crippen LogP contribution >= 0.6 is 11.3 Å². The van der Waals surface area contributed by atoms with Gasteiger partial charge in [0.2, 0.25) is 5.91 Å². The second-order valence-corrected chi connectivity index (χ2v) is 7.23. The van der Waals surface area contributed by atoms with Crippen molar-refractivity contribution in [3.63, 3.8) is 0 Å². The van der Waals surface area contributed by atoms with E-state index >= 15 is 0 Å². The summed E-state index contributed by atoms with van der Waals surface area (Å²) in [6.07, 6.45) is 4.48. The molecule has 4 aromatic rings. The summed E-state index contributed by atoms with van der Waals surface area (Å²) in [6, 6.07) is 17.9. The number of thiazole rings is 1. The van der Waals surface area contributed by atoms with Crippen molar-refractivity contribution in [2.45, 2.75) is 19.3 Å². The van der Waals surface area contributed by atoms with Crippen LogP contribution in [-0.4, -0.2) is 15.3 Å². The van der Waals surface area contributed by atoms with Crippen LogP contribution in [0.15, 0.2) is 72.4 Å². The number of rotatable bonds is 5. The lowest BCUT2D eigenvalue weighted by atomic mass is 9.97. The third kappa shape index (κ3) is 3.53. The lowest BCUT2D eigenvalue weighted by Crippen LogP contribution is -2.14. The van der Waals surface area contributed by atoms with Gasteiger partial charge in [0.05, 0.1) is 5.69 Å². The molecule has 5 heteroatoms. The van der Waals surface area contributed by atoms with Crippen LogP contribution in [0.2, 0.25) is 0 Å². The first kappa shape index (κ1) is 16.5. The molecule has 0 aliphatic carbocycles. The Morgan fingerprint density at radius 3 is 2.65 bits per heavy atom. The first-order valence-electron chi connectivity index (χ1n) is 8.56. The van der Waals surface area contributed by atoms with Crippen LogP contribution in [0.4, 0.5) is 5.69 Å². The number of hydrogen-bond donors (Lipinski definition) is 1. The van der Waals surface area contributed by atoms with Gasteiger partial charge in [-0.15, -0.1) is 11.3 Å². The van der Waals surface area contributed by atoms with E-state index in [-0.39, 0.29) is 11.8 Å². The third-order valence-corrected chi connectivity index (χ3v) is 5.19. The van der Waals surface area contributed by atoms with Crippen LogP contribution in [0, 0.1) is 0 Å². The topological polar surface area (TPSA) is 46.4 Å². The number of imidazole rings is 1. The van der Waals surface area contributed by atoms with Gasteiger partial charge >= 0.3 is 0 Å². The van der Waals surface area contributed by atoms with Crippen LogP contribution in [0.5, 0.6) is 0 Å². The number of amides is 1. The Balaban J connectivity index is 1.40. The molecule has 2 heterocycles. The smallest absolute Gasteiger partial charge is 0.224 e. The number of hydrogen-bond acceptors (Lipinski definition) is 3. The number of aromatic nitrogens is 2. The Morgan fingerprint density at radius 1 is 1.15 bits per heavy atom. The molecular weight excluding hydrogens is 342 g/mol. The Hall–Kier alpha value is -2.92. The van der Waals surface area contributed by atoms with E-state index in [0.29, 0.717) is 6.42 Å². The van der Waals surface area contributed by atoms with E-state index in [2.05, 4.69) is 29.4 Å². The zero-order valence-corrected chi connectivity index (χ0v) is 15.2. The molecule has 0 radical (unpaired) electrons. The van der Waals surface area contributed by atoms with Crippen LogP contribution in [-0.2, 0) is 4.79 Å². The molecule has 0 spiro atoms. The molecule has 1 amide bonds. The highest BCUT2D eigenvalue weighted by atomic mass is 32.1. The molecule has 0 fully saturated rings. The molecule has 130 valence electrons. The van der Waals surface area contributed by atoms with E-state index in [0.717, 1.165) is 21.9 Å². The quantitative estimate of drug-likeness (QED) is 0.531. The lowest BCUT2D eigenvalue weighted by molar-refractivity contribution is -0.116. The van der Waals surface area contributed by atoms with Crippen molar-refractivity contribution in [1.82, 2.24) is 9.38 Å². The summed E-state index contributed by atoms with van der Waals surface area (Å²) in [7, 11) is 0. The van der Waals surface area contributed by atoms with Gasteiger partial charge in [0.25, 0.3) is 0 Å². The van der Waals surface area contributed by atoms with Crippen LogP contribution in [0.3, 0.4) is 0 Å². The van der Waals surface area contributed by atoms with Gasteiger partial charge in [0.1, 0.15) is 0 Å². The minimum Gasteiger partial charge on any atom is -0.326 e. The summed E-state index contributed by atoms with van der Waals surface area (Å²) in [5, 5.41) is 5.00. The number of fused-ring (bicyclic) bond motifs is 1. The van der Waals surface area contributed by atoms with Crippen molar-refractivity contribution >= 4 is 27.9 Å². The summed E-state index contributed by atoms with van der Waals surface area (Å²) in [4.78, 5) is 17.9. The average molecular weight is 361 g/mol. The van der Waals surface area contributed by atoms with Gasteiger partial charge in [-0.05, 0) is 23.6 Å². The van der Waals surface area contributed by atoms with Gasteiger partial charge in [-0.1, -0.05) is 49.4 Å². The molecular formula is C21H19N3OS. The Kier molecular flexibility index (Phi) is 4.54. The number of anilines is 1. The molecule has 4 rings (SSSR count). The van der Waals surface area contributed by atoms with Gasteiger partial charge in [-0.25, -0.2) is 4.98 Å². The lowest BCUT2D eigenvalue weighted by Gasteiger charge is -2.12. The predicted molar refractivity (Wildman–Crippen MR) is 107 cm³/mol. The molecule has 0 saturated heterocycles. The van der Waals surface area contributed by atoms with E-state index in [1.807, 2.05) is 64.6 Å². The van der Waals surface area contributed by atoms with Crippen molar-refractivity contribution in [3.8, 4) is 11.3 Å². The first-order valence-corrected chi connectivity index (χ1v) is 9.44. The molecule has 0 aliphatic rings. The zero-order chi connectivity index (χ0) is 17.9. The Labute approximate surface area is 156 Å². The maximum atomic E-state index is 12.3. The van der Waals surface area contributed by atoms with Gasteiger partial charge in [-0.2, -0.15) is 0 Å². The molecule has 0 aliphatic heterocycles. The van der Waals surface area contributed by atoms with E-state index in [1.165, 1.54) is 5.56 Å². The largest absolute Gasteiger partial charge is 0.326 e. The third-order valence-electron chi connectivity index (χ3n) is 4.42. The molecule has 26 heavy (non-hydrogen) atoms. The Bertz CT molecular complexity index is 990. The molecule has 4 nitrogen and oxygen atoms in total. The maximum Gasteiger partial charge on any atom is 0.224 e. The fourth-order valence-electron chi connectivity index (χ4n) is 2.98. The van der Waals surface area contributed by atoms with Crippen LogP contribution < -0.4 is 5.32 Å². The monoisotopic (exact) mass is 361 g/mol. The number of carbonyl (C=O) groups is 1. The summed E-state index contributed by atoms with van der Waals surface area (Å²) in [6.45, 7) is 2.07. The van der Waals surface area contributed by atoms with Crippen LogP contribution in [0.1, 0.15) is 24.8 Å². The summed E-state index contributed by atoms with van der Waals surface area (Å²) in [5.74, 6) is 0.213. The fraction of sp³-hybridized carbons (Fsp3) is 0.143. The molecule has 1 N–H and O–H groups in total. The van der Waals surface area contributed by atoms with E-state index < -0.39 is 0 Å². The predicted octanol–water partition coefficient (Wildman–Crippen LogP) is 5.20. The highest BCUT2D eigenvalue weighted by molar-refractivity contribution is 7.15. The SMILES string of the molecule is CC(CC(=O)Nc1ccc(-c2cn3ccsc3n2)cc1)c1ccccc1. The first-order chi connectivity index (χ1) is 12.7. The number of benzene rings is 2. The number of nitrogens with zero attached hydrogens (tertiary/aromatic N) is 2.